The fraction of sp³-hybridized carbons (Fsp3) is 0.550. The number of piperidine rings is 1. The summed E-state index contributed by atoms with van der Waals surface area (Å²) in [6.07, 6.45) is 4.41. The van der Waals surface area contributed by atoms with E-state index >= 15 is 0 Å². The van der Waals surface area contributed by atoms with Gasteiger partial charge in [-0.2, -0.15) is 0 Å². The predicted octanol–water partition coefficient (Wildman–Crippen LogP) is 2.67. The molecule has 28 heavy (non-hydrogen) atoms. The number of hydrogen-bond acceptors (Lipinski definition) is 3. The van der Waals surface area contributed by atoms with Crippen LogP contribution in [0.25, 0.3) is 11.0 Å². The lowest BCUT2D eigenvalue weighted by Crippen LogP contribution is -2.47. The monoisotopic (exact) mass is 498 g/mol. The maximum Gasteiger partial charge on any atom is 0.217 e. The van der Waals surface area contributed by atoms with Gasteiger partial charge in [-0.15, -0.1) is 24.0 Å². The van der Waals surface area contributed by atoms with Gasteiger partial charge in [0, 0.05) is 39.0 Å². The second-order valence-corrected chi connectivity index (χ2v) is 7.16. The van der Waals surface area contributed by atoms with Gasteiger partial charge in [0.15, 0.2) is 5.96 Å². The van der Waals surface area contributed by atoms with Crippen molar-refractivity contribution < 1.29 is 4.79 Å². The topological polar surface area (TPSA) is 99.4 Å². The van der Waals surface area contributed by atoms with E-state index in [-0.39, 0.29) is 29.9 Å². The Morgan fingerprint density at radius 3 is 3.00 bits per heavy atom. The molecule has 3 rings (SSSR count). The third-order valence-electron chi connectivity index (χ3n) is 4.91. The van der Waals surface area contributed by atoms with Crippen molar-refractivity contribution in [1.29, 1.82) is 0 Å². The number of imidazole rings is 1. The highest BCUT2D eigenvalue weighted by molar-refractivity contribution is 14.0. The predicted molar refractivity (Wildman–Crippen MR) is 124 cm³/mol. The molecule has 8 heteroatoms. The number of aryl methyl sites for hydroxylation is 1. The van der Waals surface area contributed by atoms with Crippen LogP contribution >= 0.6 is 24.0 Å². The van der Waals surface area contributed by atoms with Crippen molar-refractivity contribution in [3.8, 4) is 0 Å². The Labute approximate surface area is 183 Å². The first kappa shape index (κ1) is 22.4. The highest BCUT2D eigenvalue weighted by atomic mass is 127. The van der Waals surface area contributed by atoms with E-state index in [2.05, 4.69) is 27.1 Å². The Bertz CT molecular complexity index is 757. The van der Waals surface area contributed by atoms with E-state index in [9.17, 15) is 4.79 Å². The van der Waals surface area contributed by atoms with E-state index < -0.39 is 0 Å². The summed E-state index contributed by atoms with van der Waals surface area (Å²) >= 11 is 0. The SMILES string of the molecule is CCNC(=NCCCc1nc2ccccc2[nH]1)N1CCCC(CC(N)=O)C1.I. The molecule has 1 aromatic carbocycles. The summed E-state index contributed by atoms with van der Waals surface area (Å²) in [6, 6.07) is 8.09. The number of aromatic nitrogens is 2. The number of nitrogens with zero attached hydrogens (tertiary/aromatic N) is 3. The Kier molecular flexibility index (Phi) is 9.01. The number of rotatable bonds is 7. The minimum atomic E-state index is -0.213. The molecule has 1 aromatic heterocycles. The number of hydrogen-bond donors (Lipinski definition) is 3. The van der Waals surface area contributed by atoms with Crippen LogP contribution in [-0.4, -0.2) is 52.9 Å². The average molecular weight is 498 g/mol. The van der Waals surface area contributed by atoms with Crippen molar-refractivity contribution in [3.05, 3.63) is 30.1 Å². The fourth-order valence-electron chi connectivity index (χ4n) is 3.69. The van der Waals surface area contributed by atoms with E-state index in [4.69, 9.17) is 10.7 Å². The van der Waals surface area contributed by atoms with Crippen LogP contribution in [0.3, 0.4) is 0 Å². The van der Waals surface area contributed by atoms with Gasteiger partial charge in [0.25, 0.3) is 0 Å². The number of aliphatic imine (C=N–C) groups is 1. The van der Waals surface area contributed by atoms with E-state index in [1.165, 1.54) is 0 Å². The summed E-state index contributed by atoms with van der Waals surface area (Å²) in [7, 11) is 0. The molecule has 0 saturated carbocycles. The lowest BCUT2D eigenvalue weighted by atomic mass is 9.95. The smallest absolute Gasteiger partial charge is 0.217 e. The Balaban J connectivity index is 0.00000280. The number of H-pyrrole nitrogens is 1. The molecule has 1 fully saturated rings. The van der Waals surface area contributed by atoms with Crippen LogP contribution in [0, 0.1) is 5.92 Å². The van der Waals surface area contributed by atoms with E-state index in [0.29, 0.717) is 12.3 Å². The highest BCUT2D eigenvalue weighted by Gasteiger charge is 2.23. The first-order chi connectivity index (χ1) is 13.2. The van der Waals surface area contributed by atoms with Crippen molar-refractivity contribution in [2.45, 2.75) is 39.0 Å². The molecule has 1 amide bonds. The molecule has 0 spiro atoms. The number of carbonyl (C=O) groups excluding carboxylic acids is 1. The highest BCUT2D eigenvalue weighted by Crippen LogP contribution is 2.19. The van der Waals surface area contributed by atoms with Gasteiger partial charge in [-0.05, 0) is 44.2 Å². The van der Waals surface area contributed by atoms with E-state index in [1.54, 1.807) is 0 Å². The van der Waals surface area contributed by atoms with Crippen LogP contribution < -0.4 is 11.1 Å². The van der Waals surface area contributed by atoms with Crippen LogP contribution in [0.5, 0.6) is 0 Å². The van der Waals surface area contributed by atoms with Crippen molar-refractivity contribution in [3.63, 3.8) is 0 Å². The normalized spacial score (nSPS) is 17.4. The van der Waals surface area contributed by atoms with Crippen LogP contribution in [0.15, 0.2) is 29.3 Å². The number of aromatic amines is 1. The quantitative estimate of drug-likeness (QED) is 0.237. The maximum absolute atomic E-state index is 11.2. The summed E-state index contributed by atoms with van der Waals surface area (Å²) < 4.78 is 0. The molecule has 1 saturated heterocycles. The van der Waals surface area contributed by atoms with Crippen LogP contribution in [-0.2, 0) is 11.2 Å². The second-order valence-electron chi connectivity index (χ2n) is 7.16. The van der Waals surface area contributed by atoms with Crippen molar-refractivity contribution in [1.82, 2.24) is 20.2 Å². The van der Waals surface area contributed by atoms with Gasteiger partial charge in [0.1, 0.15) is 5.82 Å². The zero-order valence-corrected chi connectivity index (χ0v) is 18.8. The summed E-state index contributed by atoms with van der Waals surface area (Å²) in [5, 5.41) is 3.38. The number of halogens is 1. The molecular weight excluding hydrogens is 467 g/mol. The van der Waals surface area contributed by atoms with Crippen LogP contribution in [0.2, 0.25) is 0 Å². The Morgan fingerprint density at radius 2 is 2.25 bits per heavy atom. The molecule has 2 aromatic rings. The fourth-order valence-corrected chi connectivity index (χ4v) is 3.69. The summed E-state index contributed by atoms with van der Waals surface area (Å²) in [5.74, 6) is 2.07. The van der Waals surface area contributed by atoms with Crippen molar-refractivity contribution in [2.75, 3.05) is 26.2 Å². The Hall–Kier alpha value is -1.84. The first-order valence-corrected chi connectivity index (χ1v) is 9.91. The number of guanidine groups is 1. The van der Waals surface area contributed by atoms with Gasteiger partial charge in [-0.1, -0.05) is 12.1 Å². The minimum absolute atomic E-state index is 0. The lowest BCUT2D eigenvalue weighted by Gasteiger charge is -2.34. The molecular formula is C20H31IN6O. The Morgan fingerprint density at radius 1 is 1.43 bits per heavy atom. The molecule has 4 N–H and O–H groups in total. The number of nitrogens with one attached hydrogen (secondary N) is 2. The minimum Gasteiger partial charge on any atom is -0.370 e. The lowest BCUT2D eigenvalue weighted by molar-refractivity contribution is -0.119. The van der Waals surface area contributed by atoms with Gasteiger partial charge in [-0.25, -0.2) is 4.98 Å². The number of carbonyl (C=O) groups is 1. The third-order valence-corrected chi connectivity index (χ3v) is 4.91. The molecule has 2 heterocycles. The molecule has 7 nitrogen and oxygen atoms in total. The first-order valence-electron chi connectivity index (χ1n) is 9.91. The maximum atomic E-state index is 11.2. The average Bonchev–Trinajstić information content (AvgIpc) is 3.07. The van der Waals surface area contributed by atoms with E-state index in [0.717, 1.165) is 74.7 Å². The molecule has 1 aliphatic rings. The molecule has 1 unspecified atom stereocenters. The van der Waals surface area contributed by atoms with Gasteiger partial charge in [0.05, 0.1) is 11.0 Å². The van der Waals surface area contributed by atoms with Gasteiger partial charge >= 0.3 is 0 Å². The van der Waals surface area contributed by atoms with Crippen molar-refractivity contribution in [2.24, 2.45) is 16.6 Å². The number of fused-ring (bicyclic) bond motifs is 1. The number of nitrogens with two attached hydrogens (primary N) is 1. The second kappa shape index (κ2) is 11.2. The summed E-state index contributed by atoms with van der Waals surface area (Å²) in [4.78, 5) is 26.3. The molecule has 0 bridgehead atoms. The third kappa shape index (κ3) is 6.35. The molecule has 154 valence electrons. The molecule has 1 atom stereocenters. The van der Waals surface area contributed by atoms with Gasteiger partial charge in [-0.3, -0.25) is 9.79 Å². The van der Waals surface area contributed by atoms with Gasteiger partial charge < -0.3 is 20.9 Å². The number of likely N-dealkylation sites (tertiary alicyclic amines) is 1. The van der Waals surface area contributed by atoms with Gasteiger partial charge in [0.2, 0.25) is 5.91 Å². The molecule has 0 radical (unpaired) electrons. The van der Waals surface area contributed by atoms with Crippen molar-refractivity contribution >= 4 is 46.9 Å². The number of benzene rings is 1. The zero-order chi connectivity index (χ0) is 19.1. The van der Waals surface area contributed by atoms with Crippen LogP contribution in [0.4, 0.5) is 0 Å². The molecule has 1 aliphatic heterocycles. The zero-order valence-electron chi connectivity index (χ0n) is 16.5. The molecule has 0 aliphatic carbocycles. The largest absolute Gasteiger partial charge is 0.370 e. The van der Waals surface area contributed by atoms with E-state index in [1.807, 2.05) is 24.3 Å². The number of amides is 1. The number of primary amides is 1. The standard InChI is InChI=1S/C20H30N6O.HI/c1-2-22-20(26-12-6-7-15(14-26)13-18(21)27)23-11-5-10-19-24-16-8-3-4-9-17(16)25-19;/h3-4,8-9,15H,2,5-7,10-14H2,1H3,(H2,21,27)(H,22,23)(H,24,25);1H. The number of para-hydroxylation sites is 2. The summed E-state index contributed by atoms with van der Waals surface area (Å²) in [6.45, 7) is 5.48. The van der Waals surface area contributed by atoms with Crippen LogP contribution in [0.1, 0.15) is 38.4 Å². The summed E-state index contributed by atoms with van der Waals surface area (Å²) in [5.41, 5.74) is 7.47.